The summed E-state index contributed by atoms with van der Waals surface area (Å²) in [6.45, 7) is 0. The van der Waals surface area contributed by atoms with Gasteiger partial charge in [0.05, 0.1) is 5.69 Å². The van der Waals surface area contributed by atoms with Crippen LogP contribution in [0.2, 0.25) is 0 Å². The van der Waals surface area contributed by atoms with E-state index in [-0.39, 0.29) is 18.7 Å². The number of rotatable bonds is 5. The van der Waals surface area contributed by atoms with E-state index in [1.807, 2.05) is 0 Å². The molecule has 0 saturated heterocycles. The molecule has 1 aromatic heterocycles. The van der Waals surface area contributed by atoms with Gasteiger partial charge in [-0.15, -0.1) is 0 Å². The number of hydrogen-bond acceptors (Lipinski definition) is 6. The minimum atomic E-state index is -1.09. The average molecular weight is 316 g/mol. The normalized spacial score (nSPS) is 17.0. The average Bonchev–Trinajstić information content (AvgIpc) is 2.96. The highest BCUT2D eigenvalue weighted by Gasteiger charge is 2.34. The number of carbonyl (C=O) groups excluding carboxylic acids is 2. The van der Waals surface area contributed by atoms with Crippen molar-refractivity contribution in [3.63, 3.8) is 0 Å². The van der Waals surface area contributed by atoms with E-state index in [9.17, 15) is 14.7 Å². The van der Waals surface area contributed by atoms with Crippen molar-refractivity contribution in [2.45, 2.75) is 44.9 Å². The standard InChI is InChI=1S/C16H19N3O4/c20-13(9-16(10-14(21)22)7-2-1-3-8-16)17-11-5-4-6-12-15(11)19-23-18-12/h4-6H,1-3,7-10H2,(H,17,20)(H,21,22)/p-1. The van der Waals surface area contributed by atoms with Gasteiger partial charge in [-0.3, -0.25) is 4.79 Å². The Balaban J connectivity index is 1.74. The fourth-order valence-electron chi connectivity index (χ4n) is 3.47. The summed E-state index contributed by atoms with van der Waals surface area (Å²) in [5.74, 6) is -1.31. The maximum absolute atomic E-state index is 12.4. The summed E-state index contributed by atoms with van der Waals surface area (Å²) in [7, 11) is 0. The molecule has 2 aromatic rings. The van der Waals surface area contributed by atoms with Crippen molar-refractivity contribution in [2.75, 3.05) is 5.32 Å². The van der Waals surface area contributed by atoms with Gasteiger partial charge in [-0.1, -0.05) is 25.3 Å². The summed E-state index contributed by atoms with van der Waals surface area (Å²) < 4.78 is 4.67. The molecule has 1 aromatic carbocycles. The predicted octanol–water partition coefficient (Wildman–Crippen LogP) is 1.64. The SMILES string of the molecule is O=C([O-])CC1(CC(=O)Nc2cccc3nonc23)CCCCC1. The maximum Gasteiger partial charge on any atom is 0.225 e. The molecular formula is C16H18N3O4-. The third kappa shape index (κ3) is 3.49. The number of aliphatic carboxylic acids is 1. The Hall–Kier alpha value is -2.44. The number of fused-ring (bicyclic) bond motifs is 1. The van der Waals surface area contributed by atoms with Gasteiger partial charge in [0.2, 0.25) is 5.91 Å². The molecule has 122 valence electrons. The highest BCUT2D eigenvalue weighted by molar-refractivity contribution is 5.99. The lowest BCUT2D eigenvalue weighted by Crippen LogP contribution is -2.36. The van der Waals surface area contributed by atoms with Crippen molar-refractivity contribution in [1.29, 1.82) is 0 Å². The molecule has 0 aliphatic heterocycles. The number of carbonyl (C=O) groups is 2. The van der Waals surface area contributed by atoms with E-state index in [2.05, 4.69) is 20.3 Å². The Kier molecular flexibility index (Phi) is 4.27. The third-order valence-electron chi connectivity index (χ3n) is 4.53. The molecule has 1 fully saturated rings. The van der Waals surface area contributed by atoms with Crippen molar-refractivity contribution in [3.8, 4) is 0 Å². The quantitative estimate of drug-likeness (QED) is 0.898. The van der Waals surface area contributed by atoms with Gasteiger partial charge in [-0.25, -0.2) is 4.63 Å². The van der Waals surface area contributed by atoms with Crippen LogP contribution in [0.15, 0.2) is 22.8 Å². The first kappa shape index (κ1) is 15.5. The number of amides is 1. The van der Waals surface area contributed by atoms with Crippen LogP contribution in [0, 0.1) is 5.41 Å². The topological polar surface area (TPSA) is 108 Å². The van der Waals surface area contributed by atoms with Crippen LogP contribution >= 0.6 is 0 Å². The molecular weight excluding hydrogens is 298 g/mol. The van der Waals surface area contributed by atoms with Gasteiger partial charge < -0.3 is 15.2 Å². The lowest BCUT2D eigenvalue weighted by molar-refractivity contribution is -0.308. The molecule has 0 atom stereocenters. The largest absolute Gasteiger partial charge is 0.550 e. The first-order valence-electron chi connectivity index (χ1n) is 7.79. The van der Waals surface area contributed by atoms with E-state index in [1.165, 1.54) is 0 Å². The lowest BCUT2D eigenvalue weighted by Gasteiger charge is -2.37. The molecule has 1 heterocycles. The number of hydrogen-bond donors (Lipinski definition) is 1. The summed E-state index contributed by atoms with van der Waals surface area (Å²) in [4.78, 5) is 23.5. The molecule has 0 radical (unpaired) electrons. The number of anilines is 1. The molecule has 7 nitrogen and oxygen atoms in total. The predicted molar refractivity (Wildman–Crippen MR) is 80.2 cm³/mol. The van der Waals surface area contributed by atoms with Crippen LogP contribution < -0.4 is 10.4 Å². The molecule has 1 N–H and O–H groups in total. The van der Waals surface area contributed by atoms with Gasteiger partial charge in [-0.2, -0.15) is 0 Å². The number of carboxylic acids is 1. The monoisotopic (exact) mass is 316 g/mol. The third-order valence-corrected chi connectivity index (χ3v) is 4.53. The summed E-state index contributed by atoms with van der Waals surface area (Å²) in [6.07, 6.45) is 4.56. The fourth-order valence-corrected chi connectivity index (χ4v) is 3.47. The minimum absolute atomic E-state index is 0.0733. The highest BCUT2D eigenvalue weighted by Crippen LogP contribution is 2.42. The van der Waals surface area contributed by atoms with Crippen LogP contribution in [0.25, 0.3) is 11.0 Å². The second kappa shape index (κ2) is 6.36. The van der Waals surface area contributed by atoms with Crippen molar-refractivity contribution in [3.05, 3.63) is 18.2 Å². The molecule has 0 bridgehead atoms. The molecule has 23 heavy (non-hydrogen) atoms. The van der Waals surface area contributed by atoms with Crippen LogP contribution in [0.4, 0.5) is 5.69 Å². The molecule has 1 aliphatic rings. The molecule has 1 aliphatic carbocycles. The zero-order valence-electron chi connectivity index (χ0n) is 12.7. The van der Waals surface area contributed by atoms with E-state index >= 15 is 0 Å². The molecule has 1 saturated carbocycles. The van der Waals surface area contributed by atoms with E-state index < -0.39 is 11.4 Å². The molecule has 3 rings (SSSR count). The van der Waals surface area contributed by atoms with Gasteiger partial charge >= 0.3 is 0 Å². The summed E-state index contributed by atoms with van der Waals surface area (Å²) in [5, 5.41) is 21.4. The summed E-state index contributed by atoms with van der Waals surface area (Å²) in [5.41, 5.74) is 1.06. The first-order valence-corrected chi connectivity index (χ1v) is 7.79. The molecule has 0 unspecified atom stereocenters. The van der Waals surface area contributed by atoms with Crippen LogP contribution in [-0.2, 0) is 9.59 Å². The fraction of sp³-hybridized carbons (Fsp3) is 0.500. The zero-order valence-corrected chi connectivity index (χ0v) is 12.7. The van der Waals surface area contributed by atoms with Crippen LogP contribution in [0.3, 0.4) is 0 Å². The zero-order chi connectivity index (χ0) is 16.3. The second-order valence-electron chi connectivity index (χ2n) is 6.27. The summed E-state index contributed by atoms with van der Waals surface area (Å²) >= 11 is 0. The maximum atomic E-state index is 12.4. The van der Waals surface area contributed by atoms with Crippen molar-refractivity contribution >= 4 is 28.6 Å². The number of nitrogens with one attached hydrogen (secondary N) is 1. The highest BCUT2D eigenvalue weighted by atomic mass is 16.6. The second-order valence-corrected chi connectivity index (χ2v) is 6.27. The van der Waals surface area contributed by atoms with E-state index in [4.69, 9.17) is 0 Å². The van der Waals surface area contributed by atoms with Crippen molar-refractivity contribution < 1.29 is 19.3 Å². The van der Waals surface area contributed by atoms with Gasteiger partial charge in [0.15, 0.2) is 5.52 Å². The minimum Gasteiger partial charge on any atom is -0.550 e. The first-order chi connectivity index (χ1) is 11.1. The molecule has 0 spiro atoms. The Morgan fingerprint density at radius 3 is 2.70 bits per heavy atom. The van der Waals surface area contributed by atoms with Gasteiger partial charge in [-0.05, 0) is 47.1 Å². The van der Waals surface area contributed by atoms with E-state index in [0.29, 0.717) is 16.7 Å². The molecule has 7 heteroatoms. The van der Waals surface area contributed by atoms with Gasteiger partial charge in [0, 0.05) is 12.4 Å². The van der Waals surface area contributed by atoms with Crippen molar-refractivity contribution in [1.82, 2.24) is 10.3 Å². The number of benzene rings is 1. The Bertz CT molecular complexity index is 719. The number of carboxylic acid groups (broad SMARTS) is 1. The van der Waals surface area contributed by atoms with Gasteiger partial charge in [0.1, 0.15) is 5.52 Å². The Morgan fingerprint density at radius 1 is 1.17 bits per heavy atom. The van der Waals surface area contributed by atoms with Gasteiger partial charge in [0.25, 0.3) is 0 Å². The van der Waals surface area contributed by atoms with Crippen LogP contribution in [0.1, 0.15) is 44.9 Å². The smallest absolute Gasteiger partial charge is 0.225 e. The van der Waals surface area contributed by atoms with E-state index in [1.54, 1.807) is 18.2 Å². The summed E-state index contributed by atoms with van der Waals surface area (Å²) in [6, 6.07) is 5.20. The van der Waals surface area contributed by atoms with Crippen LogP contribution in [0.5, 0.6) is 0 Å². The number of aromatic nitrogens is 2. The Labute approximate surface area is 133 Å². The van der Waals surface area contributed by atoms with Crippen molar-refractivity contribution in [2.24, 2.45) is 5.41 Å². The van der Waals surface area contributed by atoms with E-state index in [0.717, 1.165) is 32.1 Å². The lowest BCUT2D eigenvalue weighted by atomic mass is 9.69. The van der Waals surface area contributed by atoms with Crippen LogP contribution in [-0.4, -0.2) is 22.2 Å². The Morgan fingerprint density at radius 2 is 1.96 bits per heavy atom. The molecule has 1 amide bonds. The number of nitrogens with zero attached hydrogens (tertiary/aromatic N) is 2.